The summed E-state index contributed by atoms with van der Waals surface area (Å²) in [7, 11) is 0. The minimum absolute atomic E-state index is 0.0674. The van der Waals surface area contributed by atoms with Crippen LogP contribution in [-0.2, 0) is 16.0 Å². The van der Waals surface area contributed by atoms with E-state index < -0.39 is 11.9 Å². The smallest absolute Gasteiger partial charge is 0.303 e. The third kappa shape index (κ3) is 3.65. The number of hydrogen-bond acceptors (Lipinski definition) is 3. The Morgan fingerprint density at radius 3 is 2.75 bits per heavy atom. The summed E-state index contributed by atoms with van der Waals surface area (Å²) in [6.07, 6.45) is 3.42. The molecule has 1 amide bonds. The average molecular weight is 270 g/mol. The summed E-state index contributed by atoms with van der Waals surface area (Å²) in [4.78, 5) is 25.6. The summed E-state index contributed by atoms with van der Waals surface area (Å²) in [5, 5.41) is 9.58. The number of aromatic nitrogens is 1. The van der Waals surface area contributed by atoms with Crippen molar-refractivity contribution in [3.05, 3.63) is 47.7 Å². The second-order valence-corrected chi connectivity index (χ2v) is 4.38. The van der Waals surface area contributed by atoms with E-state index in [9.17, 15) is 9.59 Å². The molecule has 0 aliphatic rings. The molecule has 0 bridgehead atoms. The van der Waals surface area contributed by atoms with Gasteiger partial charge in [-0.05, 0) is 29.8 Å². The van der Waals surface area contributed by atoms with Crippen molar-refractivity contribution in [3.8, 4) is 0 Å². The Morgan fingerprint density at radius 2 is 2.05 bits per heavy atom. The zero-order valence-corrected chi connectivity index (χ0v) is 10.7. The van der Waals surface area contributed by atoms with Gasteiger partial charge in [0.1, 0.15) is 0 Å². The molecule has 0 aliphatic carbocycles. The molecule has 1 aromatic heterocycles. The van der Waals surface area contributed by atoms with Gasteiger partial charge in [0, 0.05) is 23.6 Å². The van der Waals surface area contributed by atoms with Gasteiger partial charge in [0.05, 0.1) is 11.9 Å². The summed E-state index contributed by atoms with van der Waals surface area (Å²) in [5.41, 5.74) is 7.45. The number of aryl methyl sites for hydroxylation is 1. The molecule has 2 rings (SSSR count). The molecular weight excluding hydrogens is 256 g/mol. The van der Waals surface area contributed by atoms with Gasteiger partial charge in [-0.25, -0.2) is 0 Å². The Labute approximate surface area is 115 Å². The largest absolute Gasteiger partial charge is 0.481 e. The van der Waals surface area contributed by atoms with Gasteiger partial charge in [-0.15, -0.1) is 0 Å². The van der Waals surface area contributed by atoms with Gasteiger partial charge >= 0.3 is 5.97 Å². The van der Waals surface area contributed by atoms with Gasteiger partial charge in [-0.3, -0.25) is 14.6 Å². The number of hydrogen-bond donors (Lipinski definition) is 2. The van der Waals surface area contributed by atoms with Gasteiger partial charge in [-0.1, -0.05) is 12.1 Å². The van der Waals surface area contributed by atoms with E-state index >= 15 is 0 Å². The second kappa shape index (κ2) is 5.97. The summed E-state index contributed by atoms with van der Waals surface area (Å²) >= 11 is 0. The van der Waals surface area contributed by atoms with Crippen molar-refractivity contribution in [1.29, 1.82) is 0 Å². The first kappa shape index (κ1) is 13.7. The van der Waals surface area contributed by atoms with Crippen LogP contribution in [0.15, 0.2) is 36.4 Å². The highest BCUT2D eigenvalue weighted by molar-refractivity contribution is 5.91. The van der Waals surface area contributed by atoms with Crippen LogP contribution in [0.2, 0.25) is 0 Å². The lowest BCUT2D eigenvalue weighted by Gasteiger charge is -2.03. The number of fused-ring (bicyclic) bond motifs is 1. The standard InChI is InChI=1S/C15H14N2O3/c16-14(18)7-2-10-1-6-13-11(9-10)3-4-12(17-13)5-8-15(19)20/h1-4,6-7,9H,5,8H2,(H2,16,18)(H,19,20)/b7-2+. The number of rotatable bonds is 5. The molecule has 0 unspecified atom stereocenters. The van der Waals surface area contributed by atoms with Crippen LogP contribution in [0.4, 0.5) is 0 Å². The second-order valence-electron chi connectivity index (χ2n) is 4.38. The molecule has 0 fully saturated rings. The Hall–Kier alpha value is -2.69. The number of carbonyl (C=O) groups excluding carboxylic acids is 1. The first-order valence-corrected chi connectivity index (χ1v) is 6.13. The molecule has 0 spiro atoms. The number of carboxylic acids is 1. The fourth-order valence-corrected chi connectivity index (χ4v) is 1.84. The van der Waals surface area contributed by atoms with Crippen molar-refractivity contribution in [2.75, 3.05) is 0 Å². The SMILES string of the molecule is NC(=O)/C=C/c1ccc2nc(CCC(=O)O)ccc2c1. The van der Waals surface area contributed by atoms with E-state index in [-0.39, 0.29) is 6.42 Å². The number of nitrogens with two attached hydrogens (primary N) is 1. The first-order chi connectivity index (χ1) is 9.54. The average Bonchev–Trinajstić information content (AvgIpc) is 2.42. The maximum absolute atomic E-state index is 10.7. The quantitative estimate of drug-likeness (QED) is 0.809. The van der Waals surface area contributed by atoms with Crippen molar-refractivity contribution < 1.29 is 14.7 Å². The number of aliphatic carboxylic acids is 1. The molecule has 5 heteroatoms. The van der Waals surface area contributed by atoms with Crippen molar-refractivity contribution in [2.24, 2.45) is 5.73 Å². The molecule has 0 saturated carbocycles. The third-order valence-corrected chi connectivity index (χ3v) is 2.81. The maximum Gasteiger partial charge on any atom is 0.303 e. The molecule has 2 aromatic rings. The summed E-state index contributed by atoms with van der Waals surface area (Å²) in [6.45, 7) is 0. The van der Waals surface area contributed by atoms with Crippen LogP contribution in [0.1, 0.15) is 17.7 Å². The Kier molecular flexibility index (Phi) is 4.10. The zero-order valence-electron chi connectivity index (χ0n) is 10.7. The van der Waals surface area contributed by atoms with Crippen molar-refractivity contribution >= 4 is 28.9 Å². The minimum Gasteiger partial charge on any atom is -0.481 e. The lowest BCUT2D eigenvalue weighted by Crippen LogP contribution is -2.05. The first-order valence-electron chi connectivity index (χ1n) is 6.13. The van der Waals surface area contributed by atoms with Crippen molar-refractivity contribution in [1.82, 2.24) is 4.98 Å². The Balaban J connectivity index is 2.25. The lowest BCUT2D eigenvalue weighted by atomic mass is 10.1. The maximum atomic E-state index is 10.7. The highest BCUT2D eigenvalue weighted by Crippen LogP contribution is 2.16. The highest BCUT2D eigenvalue weighted by atomic mass is 16.4. The van der Waals surface area contributed by atoms with E-state index in [1.165, 1.54) is 6.08 Å². The monoisotopic (exact) mass is 270 g/mol. The molecule has 1 heterocycles. The van der Waals surface area contributed by atoms with E-state index in [1.54, 1.807) is 6.08 Å². The van der Waals surface area contributed by atoms with E-state index in [4.69, 9.17) is 10.8 Å². The van der Waals surface area contributed by atoms with Gasteiger partial charge in [0.15, 0.2) is 0 Å². The topological polar surface area (TPSA) is 93.3 Å². The molecule has 0 aliphatic heterocycles. The molecule has 0 atom stereocenters. The number of carboxylic acid groups (broad SMARTS) is 1. The molecule has 0 radical (unpaired) electrons. The van der Waals surface area contributed by atoms with Crippen LogP contribution in [0, 0.1) is 0 Å². The van der Waals surface area contributed by atoms with Crippen molar-refractivity contribution in [3.63, 3.8) is 0 Å². The normalized spacial score (nSPS) is 11.0. The molecular formula is C15H14N2O3. The molecule has 1 aromatic carbocycles. The number of nitrogens with zero attached hydrogens (tertiary/aromatic N) is 1. The number of amides is 1. The Bertz CT molecular complexity index is 693. The molecule has 0 saturated heterocycles. The predicted octanol–water partition coefficient (Wildman–Crippen LogP) is 1.75. The fourth-order valence-electron chi connectivity index (χ4n) is 1.84. The van der Waals surface area contributed by atoms with E-state index in [0.29, 0.717) is 6.42 Å². The molecule has 102 valence electrons. The molecule has 20 heavy (non-hydrogen) atoms. The Morgan fingerprint density at radius 1 is 1.25 bits per heavy atom. The van der Waals surface area contributed by atoms with Crippen LogP contribution in [-0.4, -0.2) is 22.0 Å². The van der Waals surface area contributed by atoms with Crippen LogP contribution in [0.3, 0.4) is 0 Å². The highest BCUT2D eigenvalue weighted by Gasteiger charge is 2.02. The van der Waals surface area contributed by atoms with Crippen LogP contribution in [0.5, 0.6) is 0 Å². The third-order valence-electron chi connectivity index (χ3n) is 2.81. The number of pyridine rings is 1. The minimum atomic E-state index is -0.834. The number of carbonyl (C=O) groups is 2. The molecule has 3 N–H and O–H groups in total. The number of primary amides is 1. The van der Waals surface area contributed by atoms with Crippen LogP contribution < -0.4 is 5.73 Å². The summed E-state index contributed by atoms with van der Waals surface area (Å²) in [5.74, 6) is -1.33. The van der Waals surface area contributed by atoms with E-state index in [0.717, 1.165) is 22.2 Å². The summed E-state index contributed by atoms with van der Waals surface area (Å²) in [6, 6.07) is 9.26. The fraction of sp³-hybridized carbons (Fsp3) is 0.133. The zero-order chi connectivity index (χ0) is 14.5. The van der Waals surface area contributed by atoms with Gasteiger partial charge in [0.2, 0.25) is 5.91 Å². The van der Waals surface area contributed by atoms with Gasteiger partial charge < -0.3 is 10.8 Å². The molecule has 5 nitrogen and oxygen atoms in total. The summed E-state index contributed by atoms with van der Waals surface area (Å²) < 4.78 is 0. The van der Waals surface area contributed by atoms with Gasteiger partial charge in [-0.2, -0.15) is 0 Å². The van der Waals surface area contributed by atoms with Gasteiger partial charge in [0.25, 0.3) is 0 Å². The van der Waals surface area contributed by atoms with Crippen LogP contribution in [0.25, 0.3) is 17.0 Å². The number of benzene rings is 1. The predicted molar refractivity (Wildman–Crippen MR) is 75.9 cm³/mol. The van der Waals surface area contributed by atoms with Crippen molar-refractivity contribution in [2.45, 2.75) is 12.8 Å². The van der Waals surface area contributed by atoms with Crippen LogP contribution >= 0.6 is 0 Å². The van der Waals surface area contributed by atoms with E-state index in [2.05, 4.69) is 4.98 Å². The lowest BCUT2D eigenvalue weighted by molar-refractivity contribution is -0.137. The van der Waals surface area contributed by atoms with E-state index in [1.807, 2.05) is 30.3 Å².